The number of carbonyl (C=O) groups excluding carboxylic acids is 1. The van der Waals surface area contributed by atoms with Crippen LogP contribution in [0.5, 0.6) is 0 Å². The van der Waals surface area contributed by atoms with E-state index in [-0.39, 0.29) is 13.2 Å². The zero-order valence-corrected chi connectivity index (χ0v) is 9.46. The lowest BCUT2D eigenvalue weighted by molar-refractivity contribution is -0.141. The Balaban J connectivity index is 3.62. The van der Waals surface area contributed by atoms with Crippen molar-refractivity contribution in [1.29, 1.82) is 0 Å². The zero-order valence-electron chi connectivity index (χ0n) is 9.46. The molecule has 0 heterocycles. The molecule has 0 fully saturated rings. The summed E-state index contributed by atoms with van der Waals surface area (Å²) in [7, 11) is 0. The number of aliphatic hydroxyl groups excluding tert-OH is 1. The summed E-state index contributed by atoms with van der Waals surface area (Å²) < 4.78 is 9.75. The lowest BCUT2D eigenvalue weighted by atomic mass is 10.4. The quantitative estimate of drug-likeness (QED) is 0.222. The molecule has 1 atom stereocenters. The highest BCUT2D eigenvalue weighted by atomic mass is 16.5. The Hall–Kier alpha value is -1.39. The van der Waals surface area contributed by atoms with Gasteiger partial charge in [-0.3, -0.25) is 0 Å². The molecular formula is C12H18O4. The maximum atomic E-state index is 11.0. The molecule has 0 aromatic carbocycles. The molecule has 4 heteroatoms. The van der Waals surface area contributed by atoms with E-state index in [2.05, 4.69) is 6.58 Å². The molecule has 0 bridgehead atoms. The van der Waals surface area contributed by atoms with E-state index in [0.717, 1.165) is 0 Å². The molecule has 0 saturated heterocycles. The maximum absolute atomic E-state index is 11.0. The van der Waals surface area contributed by atoms with Gasteiger partial charge in [0.2, 0.25) is 0 Å². The molecule has 0 aromatic heterocycles. The van der Waals surface area contributed by atoms with Crippen molar-refractivity contribution in [3.63, 3.8) is 0 Å². The Labute approximate surface area is 95.9 Å². The molecule has 0 radical (unpaired) electrons. The molecule has 0 amide bonds. The van der Waals surface area contributed by atoms with Gasteiger partial charge in [-0.25, -0.2) is 4.79 Å². The Morgan fingerprint density at radius 3 is 2.81 bits per heavy atom. The van der Waals surface area contributed by atoms with Crippen LogP contribution in [-0.2, 0) is 14.3 Å². The number of hydrogen-bond acceptors (Lipinski definition) is 4. The van der Waals surface area contributed by atoms with Gasteiger partial charge in [-0.1, -0.05) is 24.3 Å². The molecule has 1 N–H and O–H groups in total. The summed E-state index contributed by atoms with van der Waals surface area (Å²) in [6.45, 7) is 5.73. The predicted molar refractivity (Wildman–Crippen MR) is 61.9 cm³/mol. The molecule has 4 nitrogen and oxygen atoms in total. The van der Waals surface area contributed by atoms with Crippen LogP contribution < -0.4 is 0 Å². The number of rotatable bonds is 8. The van der Waals surface area contributed by atoms with Crippen molar-refractivity contribution < 1.29 is 19.4 Å². The number of ether oxygens (including phenoxy) is 2. The number of aliphatic hydroxyl groups is 1. The van der Waals surface area contributed by atoms with Crippen molar-refractivity contribution in [2.45, 2.75) is 13.0 Å². The maximum Gasteiger partial charge on any atom is 0.330 e. The minimum atomic E-state index is -0.806. The van der Waals surface area contributed by atoms with Crippen LogP contribution in [0.25, 0.3) is 0 Å². The van der Waals surface area contributed by atoms with E-state index in [9.17, 15) is 9.90 Å². The highest BCUT2D eigenvalue weighted by Crippen LogP contribution is 1.90. The highest BCUT2D eigenvalue weighted by molar-refractivity contribution is 5.82. The average Bonchev–Trinajstić information content (AvgIpc) is 2.27. The van der Waals surface area contributed by atoms with Gasteiger partial charge in [0, 0.05) is 6.08 Å². The first-order valence-corrected chi connectivity index (χ1v) is 5.03. The summed E-state index contributed by atoms with van der Waals surface area (Å²) in [5, 5.41) is 9.32. The topological polar surface area (TPSA) is 55.8 Å². The Bertz CT molecular complexity index is 256. The van der Waals surface area contributed by atoms with E-state index in [1.165, 1.54) is 6.08 Å². The third kappa shape index (κ3) is 9.18. The van der Waals surface area contributed by atoms with Crippen LogP contribution >= 0.6 is 0 Å². The summed E-state index contributed by atoms with van der Waals surface area (Å²) in [6, 6.07) is 0. The number of esters is 1. The summed E-state index contributed by atoms with van der Waals surface area (Å²) >= 11 is 0. The van der Waals surface area contributed by atoms with E-state index in [4.69, 9.17) is 9.47 Å². The normalized spacial score (nSPS) is 13.1. The number of allylic oxidation sites excluding steroid dienone is 3. The molecule has 0 aliphatic rings. The molecule has 1 unspecified atom stereocenters. The highest BCUT2D eigenvalue weighted by Gasteiger charge is 2.06. The van der Waals surface area contributed by atoms with Gasteiger partial charge in [0.1, 0.15) is 12.7 Å². The molecule has 0 aliphatic carbocycles. The monoisotopic (exact) mass is 226 g/mol. The first kappa shape index (κ1) is 14.6. The van der Waals surface area contributed by atoms with Crippen molar-refractivity contribution in [2.75, 3.05) is 19.8 Å². The van der Waals surface area contributed by atoms with Gasteiger partial charge in [-0.15, -0.1) is 6.58 Å². The minimum absolute atomic E-state index is 0.0733. The van der Waals surface area contributed by atoms with Crippen molar-refractivity contribution in [3.8, 4) is 0 Å². The lowest BCUT2D eigenvalue weighted by Gasteiger charge is -2.09. The number of hydrogen-bond donors (Lipinski definition) is 1. The summed E-state index contributed by atoms with van der Waals surface area (Å²) in [5.41, 5.74) is 0. The molecule has 0 aromatic rings. The van der Waals surface area contributed by atoms with E-state index in [1.54, 1.807) is 24.3 Å². The van der Waals surface area contributed by atoms with Gasteiger partial charge in [-0.2, -0.15) is 0 Å². The van der Waals surface area contributed by atoms with E-state index in [0.29, 0.717) is 6.61 Å². The van der Waals surface area contributed by atoms with E-state index in [1.807, 2.05) is 6.92 Å². The second-order valence-electron chi connectivity index (χ2n) is 2.99. The smallest absolute Gasteiger partial charge is 0.330 e. The van der Waals surface area contributed by atoms with Gasteiger partial charge in [0.05, 0.1) is 13.2 Å². The third-order valence-electron chi connectivity index (χ3n) is 1.50. The van der Waals surface area contributed by atoms with Crippen molar-refractivity contribution in [1.82, 2.24) is 0 Å². The fourth-order valence-corrected chi connectivity index (χ4v) is 0.807. The molecule has 0 aliphatic heterocycles. The largest absolute Gasteiger partial charge is 0.460 e. The van der Waals surface area contributed by atoms with Crippen LogP contribution in [-0.4, -0.2) is 37.0 Å². The molecule has 0 saturated carbocycles. The lowest BCUT2D eigenvalue weighted by Crippen LogP contribution is -2.23. The van der Waals surface area contributed by atoms with E-state index >= 15 is 0 Å². The van der Waals surface area contributed by atoms with Crippen molar-refractivity contribution in [2.24, 2.45) is 0 Å². The van der Waals surface area contributed by atoms with Crippen LogP contribution in [0.2, 0.25) is 0 Å². The van der Waals surface area contributed by atoms with Crippen LogP contribution in [0.1, 0.15) is 6.92 Å². The SMILES string of the molecule is C=CCOCC(O)COC(=O)C=CC=CC. The molecule has 0 spiro atoms. The fraction of sp³-hybridized carbons (Fsp3) is 0.417. The third-order valence-corrected chi connectivity index (χ3v) is 1.50. The van der Waals surface area contributed by atoms with Crippen LogP contribution in [0.3, 0.4) is 0 Å². The van der Waals surface area contributed by atoms with Gasteiger partial charge in [-0.05, 0) is 6.92 Å². The first-order chi connectivity index (χ1) is 7.70. The Morgan fingerprint density at radius 1 is 1.44 bits per heavy atom. The molecule has 16 heavy (non-hydrogen) atoms. The average molecular weight is 226 g/mol. The molecule has 0 rings (SSSR count). The fourth-order valence-electron chi connectivity index (χ4n) is 0.807. The van der Waals surface area contributed by atoms with Gasteiger partial charge in [0.15, 0.2) is 0 Å². The summed E-state index contributed by atoms with van der Waals surface area (Å²) in [6.07, 6.45) is 7.14. The minimum Gasteiger partial charge on any atom is -0.460 e. The summed E-state index contributed by atoms with van der Waals surface area (Å²) in [5.74, 6) is -0.485. The van der Waals surface area contributed by atoms with Gasteiger partial charge < -0.3 is 14.6 Å². The van der Waals surface area contributed by atoms with Crippen LogP contribution in [0, 0.1) is 0 Å². The molecule has 90 valence electrons. The summed E-state index contributed by atoms with van der Waals surface area (Å²) in [4.78, 5) is 11.0. The second-order valence-corrected chi connectivity index (χ2v) is 2.99. The van der Waals surface area contributed by atoms with Crippen LogP contribution in [0.15, 0.2) is 37.0 Å². The Kier molecular flexibility index (Phi) is 9.26. The van der Waals surface area contributed by atoms with Crippen molar-refractivity contribution >= 4 is 5.97 Å². The number of carbonyl (C=O) groups is 1. The standard InChI is InChI=1S/C12H18O4/c1-3-5-6-7-12(14)16-10-11(13)9-15-8-4-2/h3-7,11,13H,2,8-10H2,1H3. The first-order valence-electron chi connectivity index (χ1n) is 5.03. The predicted octanol–water partition coefficient (Wildman–Crippen LogP) is 1.23. The van der Waals surface area contributed by atoms with Gasteiger partial charge in [0.25, 0.3) is 0 Å². The zero-order chi connectivity index (χ0) is 12.2. The van der Waals surface area contributed by atoms with Crippen molar-refractivity contribution in [3.05, 3.63) is 37.0 Å². The van der Waals surface area contributed by atoms with Crippen LogP contribution in [0.4, 0.5) is 0 Å². The van der Waals surface area contributed by atoms with Gasteiger partial charge >= 0.3 is 5.97 Å². The van der Waals surface area contributed by atoms with E-state index < -0.39 is 12.1 Å². The molecular weight excluding hydrogens is 208 g/mol. The Morgan fingerprint density at radius 2 is 2.19 bits per heavy atom. The second kappa shape index (κ2) is 10.1.